The van der Waals surface area contributed by atoms with Gasteiger partial charge in [-0.1, -0.05) is 6.07 Å². The fourth-order valence-corrected chi connectivity index (χ4v) is 6.24. The van der Waals surface area contributed by atoms with Crippen molar-refractivity contribution in [3.8, 4) is 0 Å². The van der Waals surface area contributed by atoms with Crippen LogP contribution >= 0.6 is 11.3 Å². The summed E-state index contributed by atoms with van der Waals surface area (Å²) in [5, 5.41) is 3.17. The average Bonchev–Trinajstić information content (AvgIpc) is 3.32. The first kappa shape index (κ1) is 22.5. The minimum atomic E-state index is -3.65. The SMILES string of the molecule is CCOC(=O)c1c(NC(=O)c2ccc(C)c(S(=O)(=O)N3CCCC3)c2)sc(C)c1C. The Morgan fingerprint density at radius 1 is 1.17 bits per heavy atom. The Hall–Kier alpha value is -2.23. The number of benzene rings is 1. The summed E-state index contributed by atoms with van der Waals surface area (Å²) in [5.74, 6) is -0.962. The van der Waals surface area contributed by atoms with Crippen molar-refractivity contribution in [2.24, 2.45) is 0 Å². The van der Waals surface area contributed by atoms with Crippen LogP contribution in [0.4, 0.5) is 5.00 Å². The van der Waals surface area contributed by atoms with Crippen LogP contribution < -0.4 is 5.32 Å². The summed E-state index contributed by atoms with van der Waals surface area (Å²) < 4.78 is 32.6. The lowest BCUT2D eigenvalue weighted by Gasteiger charge is -2.17. The second-order valence-corrected chi connectivity index (χ2v) is 10.4. The van der Waals surface area contributed by atoms with E-state index < -0.39 is 21.9 Å². The molecular formula is C21H26N2O5S2. The Kier molecular flexibility index (Phi) is 6.64. The molecule has 0 aliphatic carbocycles. The third kappa shape index (κ3) is 4.28. The van der Waals surface area contributed by atoms with Crippen molar-refractivity contribution in [3.05, 3.63) is 45.3 Å². The first-order valence-corrected chi connectivity index (χ1v) is 12.1. The van der Waals surface area contributed by atoms with E-state index in [2.05, 4.69) is 5.32 Å². The highest BCUT2D eigenvalue weighted by Crippen LogP contribution is 2.33. The maximum atomic E-state index is 13.0. The number of thiophene rings is 1. The van der Waals surface area contributed by atoms with Crippen LogP contribution in [0.5, 0.6) is 0 Å². The molecule has 0 atom stereocenters. The van der Waals surface area contributed by atoms with E-state index in [1.54, 1.807) is 32.9 Å². The van der Waals surface area contributed by atoms with Gasteiger partial charge in [0.1, 0.15) is 5.00 Å². The zero-order valence-corrected chi connectivity index (χ0v) is 19.2. The van der Waals surface area contributed by atoms with Crippen LogP contribution in [0.15, 0.2) is 23.1 Å². The number of ether oxygens (including phenoxy) is 1. The van der Waals surface area contributed by atoms with Gasteiger partial charge in [0.15, 0.2) is 0 Å². The molecule has 7 nitrogen and oxygen atoms in total. The van der Waals surface area contributed by atoms with E-state index in [9.17, 15) is 18.0 Å². The van der Waals surface area contributed by atoms with Gasteiger partial charge in [0.25, 0.3) is 5.91 Å². The molecule has 2 heterocycles. The summed E-state index contributed by atoms with van der Waals surface area (Å²) in [6, 6.07) is 4.63. The second kappa shape index (κ2) is 8.87. The topological polar surface area (TPSA) is 92.8 Å². The van der Waals surface area contributed by atoms with Gasteiger partial charge in [0, 0.05) is 23.5 Å². The molecule has 1 saturated heterocycles. The van der Waals surface area contributed by atoms with Gasteiger partial charge in [-0.25, -0.2) is 13.2 Å². The summed E-state index contributed by atoms with van der Waals surface area (Å²) in [7, 11) is -3.65. The van der Waals surface area contributed by atoms with Crippen molar-refractivity contribution in [2.75, 3.05) is 25.0 Å². The van der Waals surface area contributed by atoms with Crippen molar-refractivity contribution < 1.29 is 22.7 Å². The van der Waals surface area contributed by atoms with E-state index in [1.807, 2.05) is 6.92 Å². The van der Waals surface area contributed by atoms with Gasteiger partial charge in [-0.05, 0) is 63.8 Å². The Morgan fingerprint density at radius 2 is 1.83 bits per heavy atom. The van der Waals surface area contributed by atoms with Gasteiger partial charge in [0.05, 0.1) is 17.1 Å². The molecule has 2 aromatic rings. The minimum absolute atomic E-state index is 0.140. The fourth-order valence-electron chi connectivity index (χ4n) is 3.43. The highest BCUT2D eigenvalue weighted by atomic mass is 32.2. The maximum absolute atomic E-state index is 13.0. The molecule has 30 heavy (non-hydrogen) atoms. The molecule has 0 radical (unpaired) electrons. The number of amides is 1. The molecule has 3 rings (SSSR count). The van der Waals surface area contributed by atoms with Gasteiger partial charge in [-0.15, -0.1) is 11.3 Å². The maximum Gasteiger partial charge on any atom is 0.341 e. The Balaban J connectivity index is 1.92. The number of aryl methyl sites for hydroxylation is 2. The molecule has 0 spiro atoms. The van der Waals surface area contributed by atoms with E-state index in [0.29, 0.717) is 29.2 Å². The van der Waals surface area contributed by atoms with Crippen molar-refractivity contribution in [1.82, 2.24) is 4.31 Å². The Labute approximate surface area is 181 Å². The van der Waals surface area contributed by atoms with E-state index in [4.69, 9.17) is 4.74 Å². The van der Waals surface area contributed by atoms with Crippen molar-refractivity contribution in [1.29, 1.82) is 0 Å². The third-order valence-corrected chi connectivity index (χ3v) is 8.39. The molecule has 9 heteroatoms. The van der Waals surface area contributed by atoms with E-state index in [-0.39, 0.29) is 17.1 Å². The molecule has 1 aromatic carbocycles. The van der Waals surface area contributed by atoms with E-state index in [1.165, 1.54) is 21.7 Å². The third-order valence-electron chi connectivity index (χ3n) is 5.23. The fraction of sp³-hybridized carbons (Fsp3) is 0.429. The van der Waals surface area contributed by atoms with Crippen LogP contribution in [-0.4, -0.2) is 44.3 Å². The predicted molar refractivity (Wildman–Crippen MR) is 117 cm³/mol. The molecule has 1 aliphatic heterocycles. The number of nitrogens with zero attached hydrogens (tertiary/aromatic N) is 1. The van der Waals surface area contributed by atoms with Gasteiger partial charge in [-0.3, -0.25) is 4.79 Å². The lowest BCUT2D eigenvalue weighted by Crippen LogP contribution is -2.28. The van der Waals surface area contributed by atoms with Gasteiger partial charge in [0.2, 0.25) is 10.0 Å². The molecule has 1 amide bonds. The number of carbonyl (C=O) groups excluding carboxylic acids is 2. The quantitative estimate of drug-likeness (QED) is 0.674. The molecule has 0 unspecified atom stereocenters. The van der Waals surface area contributed by atoms with Crippen LogP contribution in [0.1, 0.15) is 56.5 Å². The van der Waals surface area contributed by atoms with Crippen LogP contribution in [0, 0.1) is 20.8 Å². The second-order valence-electron chi connectivity index (χ2n) is 7.25. The van der Waals surface area contributed by atoms with Crippen molar-refractivity contribution >= 4 is 38.2 Å². The highest BCUT2D eigenvalue weighted by molar-refractivity contribution is 7.89. The number of anilines is 1. The summed E-state index contributed by atoms with van der Waals surface area (Å²) in [6.45, 7) is 8.33. The number of hydrogen-bond acceptors (Lipinski definition) is 6. The smallest absolute Gasteiger partial charge is 0.341 e. The van der Waals surface area contributed by atoms with Gasteiger partial charge >= 0.3 is 5.97 Å². The van der Waals surface area contributed by atoms with Crippen molar-refractivity contribution in [2.45, 2.75) is 45.4 Å². The van der Waals surface area contributed by atoms with E-state index >= 15 is 0 Å². The first-order chi connectivity index (χ1) is 14.2. The number of sulfonamides is 1. The Bertz CT molecular complexity index is 1080. The molecule has 1 aromatic heterocycles. The zero-order chi connectivity index (χ0) is 22.1. The normalized spacial score (nSPS) is 14.7. The van der Waals surface area contributed by atoms with Crippen LogP contribution in [0.2, 0.25) is 0 Å². The Morgan fingerprint density at radius 3 is 2.47 bits per heavy atom. The molecule has 0 saturated carbocycles. The van der Waals surface area contributed by atoms with Crippen LogP contribution in [0.25, 0.3) is 0 Å². The van der Waals surface area contributed by atoms with E-state index in [0.717, 1.165) is 23.3 Å². The van der Waals surface area contributed by atoms with Gasteiger partial charge < -0.3 is 10.1 Å². The predicted octanol–water partition coefficient (Wildman–Crippen LogP) is 3.89. The van der Waals surface area contributed by atoms with Crippen LogP contribution in [-0.2, 0) is 14.8 Å². The standard InChI is InChI=1S/C21H26N2O5S2/c1-5-28-21(25)18-14(3)15(4)29-20(18)22-19(24)16-9-8-13(2)17(12-16)30(26,27)23-10-6-7-11-23/h8-9,12H,5-7,10-11H2,1-4H3,(H,22,24). The number of esters is 1. The summed E-state index contributed by atoms with van der Waals surface area (Å²) >= 11 is 1.29. The number of carbonyl (C=O) groups is 2. The van der Waals surface area contributed by atoms with Crippen molar-refractivity contribution in [3.63, 3.8) is 0 Å². The lowest BCUT2D eigenvalue weighted by molar-refractivity contribution is 0.0527. The molecule has 1 aliphatic rings. The minimum Gasteiger partial charge on any atom is -0.462 e. The summed E-state index contributed by atoms with van der Waals surface area (Å²) in [6.07, 6.45) is 1.68. The summed E-state index contributed by atoms with van der Waals surface area (Å²) in [4.78, 5) is 26.3. The summed E-state index contributed by atoms with van der Waals surface area (Å²) in [5.41, 5.74) is 1.91. The monoisotopic (exact) mass is 450 g/mol. The first-order valence-electron chi connectivity index (χ1n) is 9.86. The number of nitrogens with one attached hydrogen (secondary N) is 1. The molecule has 1 fully saturated rings. The van der Waals surface area contributed by atoms with Crippen LogP contribution in [0.3, 0.4) is 0 Å². The molecule has 1 N–H and O–H groups in total. The number of hydrogen-bond donors (Lipinski definition) is 1. The molecule has 0 bridgehead atoms. The largest absolute Gasteiger partial charge is 0.462 e. The lowest BCUT2D eigenvalue weighted by atomic mass is 10.1. The highest BCUT2D eigenvalue weighted by Gasteiger charge is 2.29. The zero-order valence-electron chi connectivity index (χ0n) is 17.6. The average molecular weight is 451 g/mol. The molecular weight excluding hydrogens is 424 g/mol. The molecule has 162 valence electrons. The number of rotatable bonds is 6. The van der Waals surface area contributed by atoms with Gasteiger partial charge in [-0.2, -0.15) is 4.31 Å².